The van der Waals surface area contributed by atoms with Gasteiger partial charge in [0.1, 0.15) is 0 Å². The number of rotatable bonds is 3. The van der Waals surface area contributed by atoms with E-state index in [0.717, 1.165) is 23.4 Å². The number of aromatic amines is 1. The standard InChI is InChI=1S/C14H18N4O/c1-4-11-12(15)13(17-16-11)14(19)18(3)10-7-5-6-9(2)8-10/h5-8H,4,15H2,1-3H3,(H,16,17). The van der Waals surface area contributed by atoms with Gasteiger partial charge in [-0.05, 0) is 31.0 Å². The van der Waals surface area contributed by atoms with Crippen molar-refractivity contribution < 1.29 is 4.79 Å². The van der Waals surface area contributed by atoms with E-state index in [0.29, 0.717) is 5.69 Å². The molecule has 3 N–H and O–H groups in total. The number of nitrogens with one attached hydrogen (secondary N) is 1. The zero-order chi connectivity index (χ0) is 14.0. The van der Waals surface area contributed by atoms with Crippen molar-refractivity contribution in [3.05, 3.63) is 41.2 Å². The number of carbonyl (C=O) groups is 1. The minimum absolute atomic E-state index is 0.209. The fraction of sp³-hybridized carbons (Fsp3) is 0.286. The van der Waals surface area contributed by atoms with Crippen molar-refractivity contribution in [2.75, 3.05) is 17.7 Å². The molecule has 0 bridgehead atoms. The van der Waals surface area contributed by atoms with Crippen molar-refractivity contribution in [3.63, 3.8) is 0 Å². The summed E-state index contributed by atoms with van der Waals surface area (Å²) < 4.78 is 0. The molecule has 0 radical (unpaired) electrons. The number of hydrogen-bond donors (Lipinski definition) is 2. The maximum atomic E-state index is 12.4. The summed E-state index contributed by atoms with van der Waals surface area (Å²) in [5.74, 6) is -0.209. The fourth-order valence-corrected chi connectivity index (χ4v) is 1.93. The molecule has 0 unspecified atom stereocenters. The molecule has 0 fully saturated rings. The highest BCUT2D eigenvalue weighted by Crippen LogP contribution is 2.20. The van der Waals surface area contributed by atoms with Crippen LogP contribution in [0.4, 0.5) is 11.4 Å². The molecule has 100 valence electrons. The van der Waals surface area contributed by atoms with Gasteiger partial charge in [-0.1, -0.05) is 19.1 Å². The lowest BCUT2D eigenvalue weighted by Gasteiger charge is -2.16. The van der Waals surface area contributed by atoms with Crippen LogP contribution in [0.15, 0.2) is 24.3 Å². The molecule has 0 aliphatic carbocycles. The smallest absolute Gasteiger partial charge is 0.280 e. The van der Waals surface area contributed by atoms with Crippen LogP contribution in [0.5, 0.6) is 0 Å². The van der Waals surface area contributed by atoms with Crippen LogP contribution >= 0.6 is 0 Å². The Morgan fingerprint density at radius 3 is 2.79 bits per heavy atom. The van der Waals surface area contributed by atoms with E-state index in [9.17, 15) is 4.79 Å². The first-order valence-corrected chi connectivity index (χ1v) is 6.22. The monoisotopic (exact) mass is 258 g/mol. The Morgan fingerprint density at radius 2 is 2.21 bits per heavy atom. The van der Waals surface area contributed by atoms with Gasteiger partial charge < -0.3 is 10.6 Å². The predicted octanol–water partition coefficient (Wildman–Crippen LogP) is 2.14. The highest BCUT2D eigenvalue weighted by molar-refractivity contribution is 6.07. The predicted molar refractivity (Wildman–Crippen MR) is 76.3 cm³/mol. The molecule has 5 nitrogen and oxygen atoms in total. The van der Waals surface area contributed by atoms with Crippen LogP contribution in [-0.4, -0.2) is 23.2 Å². The summed E-state index contributed by atoms with van der Waals surface area (Å²) in [4.78, 5) is 13.9. The number of carbonyl (C=O) groups excluding carboxylic acids is 1. The number of hydrogen-bond acceptors (Lipinski definition) is 3. The van der Waals surface area contributed by atoms with Crippen LogP contribution < -0.4 is 10.6 Å². The molecule has 0 spiro atoms. The number of aromatic nitrogens is 2. The molecule has 19 heavy (non-hydrogen) atoms. The second-order valence-electron chi connectivity index (χ2n) is 4.52. The average Bonchev–Trinajstić information content (AvgIpc) is 2.78. The number of amides is 1. The molecule has 0 aliphatic heterocycles. The second-order valence-corrected chi connectivity index (χ2v) is 4.52. The molecule has 1 heterocycles. The third-order valence-electron chi connectivity index (χ3n) is 3.13. The summed E-state index contributed by atoms with van der Waals surface area (Å²) in [5.41, 5.74) is 9.35. The molecule has 2 rings (SSSR count). The van der Waals surface area contributed by atoms with Gasteiger partial charge in [-0.15, -0.1) is 0 Å². The number of nitrogens with two attached hydrogens (primary N) is 1. The van der Waals surface area contributed by atoms with Gasteiger partial charge in [0.15, 0.2) is 5.69 Å². The number of nitrogen functional groups attached to an aromatic ring is 1. The van der Waals surface area contributed by atoms with Gasteiger partial charge in [0, 0.05) is 12.7 Å². The van der Waals surface area contributed by atoms with Gasteiger partial charge in [0.25, 0.3) is 5.91 Å². The Labute approximate surface area is 112 Å². The molecule has 0 saturated heterocycles. The summed E-state index contributed by atoms with van der Waals surface area (Å²) in [6, 6.07) is 7.73. The van der Waals surface area contributed by atoms with Gasteiger partial charge in [0.2, 0.25) is 0 Å². The van der Waals surface area contributed by atoms with E-state index < -0.39 is 0 Å². The van der Waals surface area contributed by atoms with Gasteiger partial charge in [-0.25, -0.2) is 0 Å². The highest BCUT2D eigenvalue weighted by atomic mass is 16.2. The van der Waals surface area contributed by atoms with E-state index in [-0.39, 0.29) is 11.6 Å². The molecule has 1 aromatic carbocycles. The van der Waals surface area contributed by atoms with Gasteiger partial charge in [-0.3, -0.25) is 9.89 Å². The minimum Gasteiger partial charge on any atom is -0.395 e. The van der Waals surface area contributed by atoms with Gasteiger partial charge >= 0.3 is 0 Å². The average molecular weight is 258 g/mol. The number of nitrogens with zero attached hydrogens (tertiary/aromatic N) is 2. The molecule has 2 aromatic rings. The van der Waals surface area contributed by atoms with E-state index in [2.05, 4.69) is 10.2 Å². The summed E-state index contributed by atoms with van der Waals surface area (Å²) in [6.07, 6.45) is 0.722. The first-order valence-electron chi connectivity index (χ1n) is 6.22. The van der Waals surface area contributed by atoms with Gasteiger partial charge in [0.05, 0.1) is 11.4 Å². The lowest BCUT2D eigenvalue weighted by atomic mass is 10.2. The quantitative estimate of drug-likeness (QED) is 0.885. The molecule has 0 atom stereocenters. The second kappa shape index (κ2) is 5.14. The lowest BCUT2D eigenvalue weighted by Crippen LogP contribution is -2.27. The van der Waals surface area contributed by atoms with E-state index in [1.165, 1.54) is 0 Å². The van der Waals surface area contributed by atoms with Crippen LogP contribution in [0.2, 0.25) is 0 Å². The first-order chi connectivity index (χ1) is 9.04. The summed E-state index contributed by atoms with van der Waals surface area (Å²) >= 11 is 0. The molecule has 0 aliphatic rings. The van der Waals surface area contributed by atoms with Crippen LogP contribution in [0.1, 0.15) is 28.7 Å². The Morgan fingerprint density at radius 1 is 1.47 bits per heavy atom. The molecular weight excluding hydrogens is 240 g/mol. The zero-order valence-corrected chi connectivity index (χ0v) is 11.4. The molecular formula is C14H18N4O. The lowest BCUT2D eigenvalue weighted by molar-refractivity contribution is 0.0989. The van der Waals surface area contributed by atoms with Crippen molar-refractivity contribution in [1.29, 1.82) is 0 Å². The number of benzene rings is 1. The maximum Gasteiger partial charge on any atom is 0.280 e. The normalized spacial score (nSPS) is 10.5. The number of aryl methyl sites for hydroxylation is 2. The van der Waals surface area contributed by atoms with Crippen molar-refractivity contribution in [1.82, 2.24) is 10.2 Å². The number of anilines is 2. The summed E-state index contributed by atoms with van der Waals surface area (Å²) in [6.45, 7) is 3.95. The Bertz CT molecular complexity index is 603. The maximum absolute atomic E-state index is 12.4. The highest BCUT2D eigenvalue weighted by Gasteiger charge is 2.21. The Hall–Kier alpha value is -2.30. The van der Waals surface area contributed by atoms with Gasteiger partial charge in [-0.2, -0.15) is 5.10 Å². The number of H-pyrrole nitrogens is 1. The van der Waals surface area contributed by atoms with E-state index >= 15 is 0 Å². The molecule has 5 heteroatoms. The van der Waals surface area contributed by atoms with Crippen molar-refractivity contribution >= 4 is 17.3 Å². The minimum atomic E-state index is -0.209. The largest absolute Gasteiger partial charge is 0.395 e. The Kier molecular flexibility index (Phi) is 3.55. The third kappa shape index (κ3) is 2.45. The van der Waals surface area contributed by atoms with Crippen molar-refractivity contribution in [3.8, 4) is 0 Å². The van der Waals surface area contributed by atoms with E-state index in [1.807, 2.05) is 38.1 Å². The van der Waals surface area contributed by atoms with Crippen LogP contribution in [0.3, 0.4) is 0 Å². The van der Waals surface area contributed by atoms with Crippen molar-refractivity contribution in [2.24, 2.45) is 0 Å². The van der Waals surface area contributed by atoms with Crippen LogP contribution in [0, 0.1) is 6.92 Å². The SMILES string of the molecule is CCc1[nH]nc(C(=O)N(C)c2cccc(C)c2)c1N. The van der Waals surface area contributed by atoms with Crippen LogP contribution in [-0.2, 0) is 6.42 Å². The van der Waals surface area contributed by atoms with E-state index in [4.69, 9.17) is 5.73 Å². The summed E-state index contributed by atoms with van der Waals surface area (Å²) in [5, 5.41) is 6.81. The molecule has 1 aromatic heterocycles. The summed E-state index contributed by atoms with van der Waals surface area (Å²) in [7, 11) is 1.72. The fourth-order valence-electron chi connectivity index (χ4n) is 1.93. The van der Waals surface area contributed by atoms with Crippen LogP contribution in [0.25, 0.3) is 0 Å². The van der Waals surface area contributed by atoms with Crippen molar-refractivity contribution in [2.45, 2.75) is 20.3 Å². The first kappa shape index (κ1) is 13.1. The third-order valence-corrected chi connectivity index (χ3v) is 3.13. The Balaban J connectivity index is 2.31. The molecule has 1 amide bonds. The zero-order valence-electron chi connectivity index (χ0n) is 11.4. The topological polar surface area (TPSA) is 75.0 Å². The molecule has 0 saturated carbocycles. The van der Waals surface area contributed by atoms with E-state index in [1.54, 1.807) is 11.9 Å².